The molecule has 1 atom stereocenters. The summed E-state index contributed by atoms with van der Waals surface area (Å²) in [5.41, 5.74) is 3.11. The van der Waals surface area contributed by atoms with Crippen molar-refractivity contribution >= 4 is 34.8 Å². The van der Waals surface area contributed by atoms with Crippen molar-refractivity contribution in [1.82, 2.24) is 10.2 Å². The number of halogens is 1. The molecule has 2 amide bonds. The van der Waals surface area contributed by atoms with E-state index in [0.717, 1.165) is 5.69 Å². The molecule has 0 spiro atoms. The Labute approximate surface area is 133 Å². The summed E-state index contributed by atoms with van der Waals surface area (Å²) in [5.74, 6) is -0.594. The van der Waals surface area contributed by atoms with Gasteiger partial charge in [-0.1, -0.05) is 6.07 Å². The molecule has 0 radical (unpaired) electrons. The molecule has 6 nitrogen and oxygen atoms in total. The second-order valence-electron chi connectivity index (χ2n) is 4.95. The van der Waals surface area contributed by atoms with Crippen LogP contribution in [0, 0.1) is 13.8 Å². The molecule has 0 aliphatic heterocycles. The van der Waals surface area contributed by atoms with Gasteiger partial charge in [0.1, 0.15) is 5.38 Å². The maximum atomic E-state index is 12.3. The van der Waals surface area contributed by atoms with Gasteiger partial charge in [0, 0.05) is 11.3 Å². The number of H-pyrrole nitrogens is 1. The summed E-state index contributed by atoms with van der Waals surface area (Å²) in [6.45, 7) is 5.21. The maximum absolute atomic E-state index is 12.3. The molecule has 2 aromatic rings. The highest BCUT2D eigenvalue weighted by molar-refractivity contribution is 6.32. The molecule has 116 valence electrons. The third-order valence-electron chi connectivity index (χ3n) is 3.12. The van der Waals surface area contributed by atoms with Crippen molar-refractivity contribution in [3.8, 4) is 0 Å². The summed E-state index contributed by atoms with van der Waals surface area (Å²) < 4.78 is 0. The normalized spacial score (nSPS) is 11.8. The van der Waals surface area contributed by atoms with Crippen LogP contribution in [-0.4, -0.2) is 27.4 Å². The molecule has 2 rings (SSSR count). The third kappa shape index (κ3) is 3.65. The molecule has 0 saturated carbocycles. The zero-order valence-electron chi connectivity index (χ0n) is 12.5. The van der Waals surface area contributed by atoms with Crippen LogP contribution in [0.1, 0.15) is 28.7 Å². The molecule has 3 N–H and O–H groups in total. The minimum absolute atomic E-state index is 0.275. The zero-order chi connectivity index (χ0) is 16.3. The number of hydrogen-bond acceptors (Lipinski definition) is 3. The zero-order valence-corrected chi connectivity index (χ0v) is 13.3. The average Bonchev–Trinajstić information content (AvgIpc) is 2.79. The Balaban J connectivity index is 2.15. The van der Waals surface area contributed by atoms with Gasteiger partial charge in [-0.05, 0) is 39.0 Å². The number of carbonyl (C=O) groups is 2. The number of nitrogens with zero attached hydrogens (tertiary/aromatic N) is 1. The van der Waals surface area contributed by atoms with E-state index in [9.17, 15) is 9.59 Å². The molecule has 0 unspecified atom stereocenters. The number of rotatable bonds is 4. The van der Waals surface area contributed by atoms with E-state index in [2.05, 4.69) is 20.8 Å². The van der Waals surface area contributed by atoms with Crippen LogP contribution in [0.5, 0.6) is 0 Å². The van der Waals surface area contributed by atoms with Crippen LogP contribution in [0.2, 0.25) is 0 Å². The smallest absolute Gasteiger partial charge is 0.255 e. The van der Waals surface area contributed by atoms with E-state index in [1.165, 1.54) is 0 Å². The Morgan fingerprint density at radius 2 is 2.00 bits per heavy atom. The molecule has 7 heteroatoms. The lowest BCUT2D eigenvalue weighted by Crippen LogP contribution is -2.20. The lowest BCUT2D eigenvalue weighted by molar-refractivity contribution is -0.115. The second-order valence-corrected chi connectivity index (χ2v) is 5.60. The van der Waals surface area contributed by atoms with E-state index < -0.39 is 5.38 Å². The van der Waals surface area contributed by atoms with E-state index >= 15 is 0 Å². The summed E-state index contributed by atoms with van der Waals surface area (Å²) in [4.78, 5) is 23.9. The van der Waals surface area contributed by atoms with Crippen LogP contribution in [-0.2, 0) is 4.79 Å². The SMILES string of the molecule is Cc1n[nH]c(C)c1NC(=O)c1cccc(NC(=O)[C@@H](C)Cl)c1. The van der Waals surface area contributed by atoms with Gasteiger partial charge in [0.15, 0.2) is 0 Å². The summed E-state index contributed by atoms with van der Waals surface area (Å²) >= 11 is 5.71. The standard InChI is InChI=1S/C15H17ClN4O2/c1-8(16)14(21)17-12-6-4-5-11(7-12)15(22)18-13-9(2)19-20-10(13)3/h4-8H,1-3H3,(H,17,21)(H,18,22)(H,19,20)/t8-/m1/s1. The first-order valence-corrected chi connectivity index (χ1v) is 7.20. The number of nitrogens with one attached hydrogen (secondary N) is 3. The van der Waals surface area contributed by atoms with Crippen LogP contribution in [0.25, 0.3) is 0 Å². The highest BCUT2D eigenvalue weighted by Gasteiger charge is 2.14. The monoisotopic (exact) mass is 320 g/mol. The van der Waals surface area contributed by atoms with Gasteiger partial charge in [-0.25, -0.2) is 0 Å². The van der Waals surface area contributed by atoms with Crippen molar-refractivity contribution in [3.05, 3.63) is 41.2 Å². The molecule has 1 heterocycles. The first-order valence-electron chi connectivity index (χ1n) is 6.76. The van der Waals surface area contributed by atoms with Crippen molar-refractivity contribution in [1.29, 1.82) is 0 Å². The van der Waals surface area contributed by atoms with Gasteiger partial charge in [-0.15, -0.1) is 11.6 Å². The van der Waals surface area contributed by atoms with Crippen molar-refractivity contribution in [2.75, 3.05) is 10.6 Å². The van der Waals surface area contributed by atoms with Crippen molar-refractivity contribution in [2.45, 2.75) is 26.1 Å². The molecule has 0 bridgehead atoms. The van der Waals surface area contributed by atoms with Crippen molar-refractivity contribution in [2.24, 2.45) is 0 Å². The minimum atomic E-state index is -0.645. The number of aryl methyl sites for hydroxylation is 2. The van der Waals surface area contributed by atoms with Crippen molar-refractivity contribution < 1.29 is 9.59 Å². The van der Waals surface area contributed by atoms with Crippen molar-refractivity contribution in [3.63, 3.8) is 0 Å². The Hall–Kier alpha value is -2.34. The van der Waals surface area contributed by atoms with E-state index in [-0.39, 0.29) is 11.8 Å². The van der Waals surface area contributed by atoms with Crippen LogP contribution >= 0.6 is 11.6 Å². The average molecular weight is 321 g/mol. The first kappa shape index (κ1) is 16.0. The van der Waals surface area contributed by atoms with Crippen LogP contribution < -0.4 is 10.6 Å². The molecular formula is C15H17ClN4O2. The van der Waals surface area contributed by atoms with Crippen LogP contribution in [0.3, 0.4) is 0 Å². The highest BCUT2D eigenvalue weighted by atomic mass is 35.5. The predicted molar refractivity (Wildman–Crippen MR) is 86.4 cm³/mol. The molecule has 0 saturated heterocycles. The fourth-order valence-corrected chi connectivity index (χ4v) is 1.96. The fourth-order valence-electron chi connectivity index (χ4n) is 1.90. The number of amides is 2. The molecule has 22 heavy (non-hydrogen) atoms. The number of anilines is 2. The second kappa shape index (κ2) is 6.62. The fraction of sp³-hybridized carbons (Fsp3) is 0.267. The van der Waals surface area contributed by atoms with Gasteiger partial charge in [-0.3, -0.25) is 14.7 Å². The number of hydrogen-bond donors (Lipinski definition) is 3. The quantitative estimate of drug-likeness (QED) is 0.757. The number of aromatic nitrogens is 2. The topological polar surface area (TPSA) is 86.9 Å². The highest BCUT2D eigenvalue weighted by Crippen LogP contribution is 2.18. The van der Waals surface area contributed by atoms with Crippen LogP contribution in [0.4, 0.5) is 11.4 Å². The Morgan fingerprint density at radius 3 is 2.59 bits per heavy atom. The summed E-state index contributed by atoms with van der Waals surface area (Å²) in [7, 11) is 0. The number of benzene rings is 1. The summed E-state index contributed by atoms with van der Waals surface area (Å²) in [6, 6.07) is 6.65. The van der Waals surface area contributed by atoms with Gasteiger partial charge in [-0.2, -0.15) is 5.10 Å². The van der Waals surface area contributed by atoms with E-state index in [4.69, 9.17) is 11.6 Å². The van der Waals surface area contributed by atoms with E-state index in [0.29, 0.717) is 22.6 Å². The maximum Gasteiger partial charge on any atom is 0.255 e. The predicted octanol–water partition coefficient (Wildman–Crippen LogP) is 2.84. The first-order chi connectivity index (χ1) is 10.4. The van der Waals surface area contributed by atoms with Gasteiger partial charge < -0.3 is 10.6 Å². The van der Waals surface area contributed by atoms with E-state index in [1.807, 2.05) is 6.92 Å². The minimum Gasteiger partial charge on any atom is -0.325 e. The molecule has 0 aliphatic carbocycles. The van der Waals surface area contributed by atoms with Gasteiger partial charge in [0.05, 0.1) is 17.1 Å². The number of carbonyl (C=O) groups excluding carboxylic acids is 2. The summed E-state index contributed by atoms with van der Waals surface area (Å²) in [6.07, 6.45) is 0. The van der Waals surface area contributed by atoms with Gasteiger partial charge in [0.2, 0.25) is 5.91 Å². The lowest BCUT2D eigenvalue weighted by Gasteiger charge is -2.09. The molecule has 1 aromatic carbocycles. The Morgan fingerprint density at radius 1 is 1.27 bits per heavy atom. The molecule has 0 aliphatic rings. The largest absolute Gasteiger partial charge is 0.325 e. The molecule has 0 fully saturated rings. The molecular weight excluding hydrogens is 304 g/mol. The van der Waals surface area contributed by atoms with E-state index in [1.54, 1.807) is 38.1 Å². The lowest BCUT2D eigenvalue weighted by atomic mass is 10.1. The number of alkyl halides is 1. The third-order valence-corrected chi connectivity index (χ3v) is 3.32. The van der Waals surface area contributed by atoms with Gasteiger partial charge in [0.25, 0.3) is 5.91 Å². The van der Waals surface area contributed by atoms with Crippen LogP contribution in [0.15, 0.2) is 24.3 Å². The Bertz CT molecular complexity index is 690. The summed E-state index contributed by atoms with van der Waals surface area (Å²) in [5, 5.41) is 11.6. The van der Waals surface area contributed by atoms with Gasteiger partial charge >= 0.3 is 0 Å². The Kier molecular flexibility index (Phi) is 4.82. The number of aromatic amines is 1. The molecule has 1 aromatic heterocycles.